The minimum Gasteiger partial charge on any atom is -0.489 e. The summed E-state index contributed by atoms with van der Waals surface area (Å²) in [6.45, 7) is 1.61. The van der Waals surface area contributed by atoms with E-state index in [1.54, 1.807) is 0 Å². The van der Waals surface area contributed by atoms with Crippen molar-refractivity contribution in [3.63, 3.8) is 0 Å². The molecule has 1 aliphatic heterocycles. The second-order valence-electron chi connectivity index (χ2n) is 5.91. The van der Waals surface area contributed by atoms with E-state index in [0.717, 1.165) is 23.6 Å². The van der Waals surface area contributed by atoms with E-state index in [1.165, 1.54) is 11.1 Å². The molecular weight excluding hydrogens is 304 g/mol. The summed E-state index contributed by atoms with van der Waals surface area (Å²) in [5.41, 5.74) is 4.32. The van der Waals surface area contributed by atoms with Crippen LogP contribution < -0.4 is 4.74 Å². The van der Waals surface area contributed by atoms with Crippen LogP contribution in [0, 0.1) is 11.3 Å². The number of fused-ring (bicyclic) bond motifs is 2. The van der Waals surface area contributed by atoms with Gasteiger partial charge in [-0.3, -0.25) is 0 Å². The zero-order valence-electron chi connectivity index (χ0n) is 13.5. The standard InChI is InChI=1S/C19H20N2OS/c1-21(2)9-10-23-19-16-6-4-3-5-15(16)13-22-18-8-7-14(12-20)11-17(18)19/h3-8,11,19H,9-10,13H2,1-2H3. The molecule has 3 nitrogen and oxygen atoms in total. The smallest absolute Gasteiger partial charge is 0.124 e. The molecular formula is C19H20N2OS. The van der Waals surface area contributed by atoms with Gasteiger partial charge in [-0.05, 0) is 43.4 Å². The van der Waals surface area contributed by atoms with Gasteiger partial charge in [0.2, 0.25) is 0 Å². The topological polar surface area (TPSA) is 36.3 Å². The van der Waals surface area contributed by atoms with Gasteiger partial charge in [0.15, 0.2) is 0 Å². The Bertz CT molecular complexity index is 736. The lowest BCUT2D eigenvalue weighted by Crippen LogP contribution is -2.15. The largest absolute Gasteiger partial charge is 0.489 e. The third-order valence-corrected chi connectivity index (χ3v) is 5.22. The quantitative estimate of drug-likeness (QED) is 0.856. The molecule has 2 aromatic rings. The number of nitriles is 1. The van der Waals surface area contributed by atoms with E-state index in [9.17, 15) is 5.26 Å². The van der Waals surface area contributed by atoms with Crippen LogP contribution in [0.2, 0.25) is 0 Å². The Hall–Kier alpha value is -1.96. The fourth-order valence-electron chi connectivity index (χ4n) is 2.73. The molecule has 0 bridgehead atoms. The van der Waals surface area contributed by atoms with Crippen LogP contribution in [-0.4, -0.2) is 31.3 Å². The van der Waals surface area contributed by atoms with Crippen molar-refractivity contribution in [1.29, 1.82) is 5.26 Å². The highest BCUT2D eigenvalue weighted by Gasteiger charge is 2.25. The lowest BCUT2D eigenvalue weighted by molar-refractivity contribution is 0.307. The summed E-state index contributed by atoms with van der Waals surface area (Å²) in [4.78, 5) is 2.19. The summed E-state index contributed by atoms with van der Waals surface area (Å²) in [5.74, 6) is 1.92. The predicted molar refractivity (Wildman–Crippen MR) is 94.8 cm³/mol. The van der Waals surface area contributed by atoms with Crippen molar-refractivity contribution in [3.05, 3.63) is 64.7 Å². The lowest BCUT2D eigenvalue weighted by atomic mass is 9.99. The van der Waals surface area contributed by atoms with Gasteiger partial charge in [-0.2, -0.15) is 5.26 Å². The Kier molecular flexibility index (Phi) is 4.90. The van der Waals surface area contributed by atoms with Crippen LogP contribution >= 0.6 is 11.8 Å². The third-order valence-electron chi connectivity index (χ3n) is 3.97. The van der Waals surface area contributed by atoms with Crippen molar-refractivity contribution < 1.29 is 4.74 Å². The summed E-state index contributed by atoms with van der Waals surface area (Å²) < 4.78 is 6.00. The van der Waals surface area contributed by atoms with Crippen LogP contribution in [0.25, 0.3) is 0 Å². The monoisotopic (exact) mass is 324 g/mol. The zero-order valence-corrected chi connectivity index (χ0v) is 14.3. The number of rotatable bonds is 4. The summed E-state index contributed by atoms with van der Waals surface area (Å²) in [6, 6.07) is 16.4. The van der Waals surface area contributed by atoms with Gasteiger partial charge in [-0.1, -0.05) is 24.3 Å². The second kappa shape index (κ2) is 7.08. The molecule has 0 aliphatic carbocycles. The summed E-state index contributed by atoms with van der Waals surface area (Å²) in [7, 11) is 4.18. The number of nitrogens with zero attached hydrogens (tertiary/aromatic N) is 2. The van der Waals surface area contributed by atoms with Crippen molar-refractivity contribution in [2.24, 2.45) is 0 Å². The number of hydrogen-bond acceptors (Lipinski definition) is 4. The molecule has 23 heavy (non-hydrogen) atoms. The molecule has 1 unspecified atom stereocenters. The molecule has 0 saturated carbocycles. The Morgan fingerprint density at radius 3 is 2.83 bits per heavy atom. The highest BCUT2D eigenvalue weighted by molar-refractivity contribution is 7.99. The fourth-order valence-corrected chi connectivity index (χ4v) is 4.21. The van der Waals surface area contributed by atoms with Gasteiger partial charge in [-0.15, -0.1) is 11.8 Å². The predicted octanol–water partition coefficient (Wildman–Crippen LogP) is 3.83. The van der Waals surface area contributed by atoms with Crippen LogP contribution in [-0.2, 0) is 6.61 Å². The Labute approximate surface area is 141 Å². The molecule has 0 N–H and O–H groups in total. The lowest BCUT2D eigenvalue weighted by Gasteiger charge is -2.20. The van der Waals surface area contributed by atoms with Gasteiger partial charge in [0.1, 0.15) is 12.4 Å². The van der Waals surface area contributed by atoms with Gasteiger partial charge in [-0.25, -0.2) is 0 Å². The van der Waals surface area contributed by atoms with Crippen molar-refractivity contribution in [3.8, 4) is 11.8 Å². The van der Waals surface area contributed by atoms with Crippen molar-refractivity contribution >= 4 is 11.8 Å². The zero-order chi connectivity index (χ0) is 16.2. The second-order valence-corrected chi connectivity index (χ2v) is 7.12. The SMILES string of the molecule is CN(C)CCSC1c2ccccc2COc2ccc(C#N)cc21. The molecule has 0 radical (unpaired) electrons. The summed E-state index contributed by atoms with van der Waals surface area (Å²) in [5, 5.41) is 9.44. The minimum atomic E-state index is 0.206. The molecule has 0 fully saturated rings. The molecule has 1 aliphatic rings. The maximum absolute atomic E-state index is 9.24. The molecule has 1 atom stereocenters. The van der Waals surface area contributed by atoms with E-state index in [4.69, 9.17) is 4.74 Å². The Morgan fingerprint density at radius 1 is 1.22 bits per heavy atom. The van der Waals surface area contributed by atoms with Crippen LogP contribution in [0.15, 0.2) is 42.5 Å². The van der Waals surface area contributed by atoms with Gasteiger partial charge >= 0.3 is 0 Å². The molecule has 0 spiro atoms. The van der Waals surface area contributed by atoms with E-state index in [2.05, 4.69) is 49.3 Å². The molecule has 118 valence electrons. The molecule has 0 amide bonds. The first-order valence-electron chi connectivity index (χ1n) is 7.70. The minimum absolute atomic E-state index is 0.206. The van der Waals surface area contributed by atoms with E-state index >= 15 is 0 Å². The average Bonchev–Trinajstić information content (AvgIpc) is 2.71. The van der Waals surface area contributed by atoms with Crippen LogP contribution in [0.3, 0.4) is 0 Å². The van der Waals surface area contributed by atoms with Crippen LogP contribution in [0.5, 0.6) is 5.75 Å². The first-order chi connectivity index (χ1) is 11.2. The first-order valence-corrected chi connectivity index (χ1v) is 8.75. The molecule has 0 saturated heterocycles. The van der Waals surface area contributed by atoms with Gasteiger partial charge in [0, 0.05) is 17.9 Å². The van der Waals surface area contributed by atoms with E-state index in [0.29, 0.717) is 12.2 Å². The van der Waals surface area contributed by atoms with E-state index < -0.39 is 0 Å². The summed E-state index contributed by atoms with van der Waals surface area (Å²) in [6.07, 6.45) is 0. The summed E-state index contributed by atoms with van der Waals surface area (Å²) >= 11 is 1.91. The van der Waals surface area contributed by atoms with E-state index in [1.807, 2.05) is 30.0 Å². The number of hydrogen-bond donors (Lipinski definition) is 0. The Morgan fingerprint density at radius 2 is 2.04 bits per heavy atom. The van der Waals surface area contributed by atoms with Gasteiger partial charge in [0.05, 0.1) is 16.9 Å². The van der Waals surface area contributed by atoms with Crippen molar-refractivity contribution in [2.75, 3.05) is 26.4 Å². The highest BCUT2D eigenvalue weighted by atomic mass is 32.2. The fraction of sp³-hybridized carbons (Fsp3) is 0.316. The number of thioether (sulfide) groups is 1. The molecule has 2 aromatic carbocycles. The van der Waals surface area contributed by atoms with E-state index in [-0.39, 0.29) is 5.25 Å². The molecule has 1 heterocycles. The first kappa shape index (κ1) is 15.9. The van der Waals surface area contributed by atoms with Crippen LogP contribution in [0.4, 0.5) is 0 Å². The molecule has 4 heteroatoms. The van der Waals surface area contributed by atoms with Gasteiger partial charge < -0.3 is 9.64 Å². The number of ether oxygens (including phenoxy) is 1. The maximum Gasteiger partial charge on any atom is 0.124 e. The van der Waals surface area contributed by atoms with Gasteiger partial charge in [0.25, 0.3) is 0 Å². The number of benzene rings is 2. The van der Waals surface area contributed by atoms with Crippen LogP contribution in [0.1, 0.15) is 27.5 Å². The van der Waals surface area contributed by atoms with Crippen molar-refractivity contribution in [1.82, 2.24) is 4.90 Å². The average molecular weight is 324 g/mol. The normalized spacial score (nSPS) is 16.0. The maximum atomic E-state index is 9.24. The highest BCUT2D eigenvalue weighted by Crippen LogP contribution is 2.44. The molecule has 3 rings (SSSR count). The molecule has 0 aromatic heterocycles. The van der Waals surface area contributed by atoms with Crippen molar-refractivity contribution in [2.45, 2.75) is 11.9 Å². The third kappa shape index (κ3) is 3.52. The Balaban J connectivity index is 2.01.